The summed E-state index contributed by atoms with van der Waals surface area (Å²) in [6.07, 6.45) is -3.25. The predicted molar refractivity (Wildman–Crippen MR) is 255 cm³/mol. The van der Waals surface area contributed by atoms with Crippen LogP contribution in [0.5, 0.6) is 0 Å². The first kappa shape index (κ1) is 51.9. The average Bonchev–Trinajstić information content (AvgIpc) is 3.28. The van der Waals surface area contributed by atoms with Gasteiger partial charge in [0.15, 0.2) is 0 Å². The van der Waals surface area contributed by atoms with Crippen molar-refractivity contribution in [1.82, 2.24) is 31.9 Å². The minimum atomic E-state index is -1.68. The van der Waals surface area contributed by atoms with Gasteiger partial charge in [0.05, 0.1) is 12.1 Å². The van der Waals surface area contributed by atoms with Crippen molar-refractivity contribution in [2.45, 2.75) is 117 Å². The quantitative estimate of drug-likeness (QED) is 0.0571. The lowest BCUT2D eigenvalue weighted by molar-refractivity contribution is -0.133. The molecule has 16 nitrogen and oxygen atoms in total. The maximum absolute atomic E-state index is 14.1. The molecular weight excluding hydrogens is 841 g/mol. The Balaban J connectivity index is 1.51. The molecule has 0 aliphatic heterocycles. The molecule has 0 aliphatic rings. The number of hydrogen-bond acceptors (Lipinski definition) is 8. The van der Waals surface area contributed by atoms with Crippen LogP contribution < -0.4 is 42.5 Å². The van der Waals surface area contributed by atoms with Crippen molar-refractivity contribution in [3.63, 3.8) is 0 Å². The summed E-state index contributed by atoms with van der Waals surface area (Å²) >= 11 is 0. The second-order valence-corrected chi connectivity index (χ2v) is 17.4. The number of amides is 8. The van der Waals surface area contributed by atoms with Crippen molar-refractivity contribution in [1.29, 1.82) is 0 Å². The molecule has 0 bridgehead atoms. The summed E-state index contributed by atoms with van der Waals surface area (Å²) in [5.41, 5.74) is 4.54. The normalized spacial score (nSPS) is 14.8. The summed E-state index contributed by atoms with van der Waals surface area (Å²) in [5.74, 6) is -3.45. The van der Waals surface area contributed by atoms with E-state index in [4.69, 9.17) is 0 Å². The van der Waals surface area contributed by atoms with E-state index in [9.17, 15) is 39.0 Å². The third-order valence-electron chi connectivity index (χ3n) is 11.0. The number of nitrogens with one attached hydrogen (secondary N) is 8. The predicted octanol–water partition coefficient (Wildman–Crippen LogP) is 4.48. The van der Waals surface area contributed by atoms with E-state index < -0.39 is 96.0 Å². The highest BCUT2D eigenvalue weighted by Gasteiger charge is 2.38. The van der Waals surface area contributed by atoms with Crippen molar-refractivity contribution >= 4 is 47.1 Å². The number of aliphatic hydroxyl groups excluding tert-OH is 2. The molecule has 4 rings (SSSR count). The highest BCUT2D eigenvalue weighted by molar-refractivity contribution is 5.96. The van der Waals surface area contributed by atoms with E-state index >= 15 is 0 Å². The molecule has 16 heteroatoms. The Morgan fingerprint density at radius 2 is 0.742 bits per heavy atom. The molecule has 4 aromatic carbocycles. The van der Waals surface area contributed by atoms with Gasteiger partial charge in [0, 0.05) is 11.4 Å². The fourth-order valence-corrected chi connectivity index (χ4v) is 7.03. The zero-order valence-electron chi connectivity index (χ0n) is 38.9. The van der Waals surface area contributed by atoms with Gasteiger partial charge >= 0.3 is 12.1 Å². The van der Waals surface area contributed by atoms with Crippen LogP contribution in [0.15, 0.2) is 109 Å². The summed E-state index contributed by atoms with van der Waals surface area (Å²) < 4.78 is 0. The monoisotopic (exact) mass is 907 g/mol. The second kappa shape index (κ2) is 25.1. The summed E-state index contributed by atoms with van der Waals surface area (Å²) in [5, 5.41) is 45.8. The van der Waals surface area contributed by atoms with Gasteiger partial charge in [-0.2, -0.15) is 0 Å². The van der Waals surface area contributed by atoms with Crippen LogP contribution in [-0.4, -0.2) is 94.4 Å². The summed E-state index contributed by atoms with van der Waals surface area (Å²) in [6.45, 7) is 13.7. The van der Waals surface area contributed by atoms with Gasteiger partial charge in [-0.05, 0) is 87.8 Å². The number of rotatable bonds is 21. The maximum Gasteiger partial charge on any atom is 0.319 e. The van der Waals surface area contributed by atoms with Crippen molar-refractivity contribution in [2.75, 3.05) is 10.6 Å². The van der Waals surface area contributed by atoms with Gasteiger partial charge in [-0.25, -0.2) is 9.59 Å². The summed E-state index contributed by atoms with van der Waals surface area (Å²) in [6, 6.07) is 24.4. The topological polar surface area (TPSA) is 239 Å². The molecule has 10 N–H and O–H groups in total. The molecule has 66 heavy (non-hydrogen) atoms. The van der Waals surface area contributed by atoms with Crippen LogP contribution in [0, 0.1) is 25.7 Å². The number of hydrogen-bond donors (Lipinski definition) is 10. The Morgan fingerprint density at radius 3 is 1.05 bits per heavy atom. The van der Waals surface area contributed by atoms with E-state index in [-0.39, 0.29) is 12.8 Å². The number of carbonyl (C=O) groups is 6. The van der Waals surface area contributed by atoms with E-state index in [1.54, 1.807) is 100 Å². The van der Waals surface area contributed by atoms with E-state index in [1.165, 1.54) is 13.8 Å². The van der Waals surface area contributed by atoms with E-state index in [2.05, 4.69) is 42.5 Å². The molecule has 0 aliphatic carbocycles. The molecule has 0 spiro atoms. The first-order valence-electron chi connectivity index (χ1n) is 22.2. The first-order valence-corrected chi connectivity index (χ1v) is 22.2. The number of aliphatic hydroxyl groups is 2. The van der Waals surface area contributed by atoms with Gasteiger partial charge in [0.2, 0.25) is 23.6 Å². The highest BCUT2D eigenvalue weighted by atomic mass is 16.3. The standard InChI is InChI=1S/C50H66N8O8/c1-29(2)41(57-45(61)33(7)51-49(65)53-37-23-19-31(5)20-24-37)47(63)55-39(27-35-15-11-9-12-16-35)43(59)44(60)40(28-36-17-13-10-14-18-36)56-48(64)42(30(3)4)58-46(62)34(8)52-50(66)54-38-25-21-32(6)22-26-38/h9-26,29-30,33-34,39-44,59-60H,27-28H2,1-8H3,(H,55,63)(H,56,64)(H,57,61)(H,58,62)(H2,51,53,65)(H2,52,54,66)/t33-,34-,39-,40-,41-,42-,43?,44?/m0/s1. The average molecular weight is 907 g/mol. The van der Waals surface area contributed by atoms with Gasteiger partial charge in [0.25, 0.3) is 0 Å². The zero-order valence-corrected chi connectivity index (χ0v) is 38.9. The van der Waals surface area contributed by atoms with E-state index in [1.807, 2.05) is 50.2 Å². The molecule has 2 unspecified atom stereocenters. The smallest absolute Gasteiger partial charge is 0.319 e. The zero-order chi connectivity index (χ0) is 48.5. The molecule has 8 atom stereocenters. The number of benzene rings is 4. The second-order valence-electron chi connectivity index (χ2n) is 17.4. The lowest BCUT2D eigenvalue weighted by Crippen LogP contribution is -2.62. The third kappa shape index (κ3) is 16.3. The van der Waals surface area contributed by atoms with Crippen molar-refractivity contribution in [2.24, 2.45) is 11.8 Å². The molecule has 354 valence electrons. The van der Waals surface area contributed by atoms with Crippen LogP contribution in [0.3, 0.4) is 0 Å². The Kier molecular flexibility index (Phi) is 19.7. The molecular formula is C50H66N8O8. The Labute approximate surface area is 387 Å². The Hall–Kier alpha value is -6.78. The van der Waals surface area contributed by atoms with Crippen LogP contribution >= 0.6 is 0 Å². The van der Waals surface area contributed by atoms with Crippen LogP contribution in [-0.2, 0) is 32.0 Å². The van der Waals surface area contributed by atoms with E-state index in [0.29, 0.717) is 11.4 Å². The molecule has 0 saturated carbocycles. The van der Waals surface area contributed by atoms with Gasteiger partial charge in [-0.1, -0.05) is 124 Å². The minimum absolute atomic E-state index is 0.0553. The number of aryl methyl sites for hydroxylation is 2. The highest BCUT2D eigenvalue weighted by Crippen LogP contribution is 2.17. The van der Waals surface area contributed by atoms with Crippen LogP contribution in [0.25, 0.3) is 0 Å². The van der Waals surface area contributed by atoms with Crippen molar-refractivity contribution < 1.29 is 39.0 Å². The lowest BCUT2D eigenvalue weighted by Gasteiger charge is -2.35. The number of anilines is 2. The lowest BCUT2D eigenvalue weighted by atomic mass is 9.90. The molecule has 0 radical (unpaired) electrons. The number of urea groups is 2. The molecule has 4 aromatic rings. The summed E-state index contributed by atoms with van der Waals surface area (Å²) in [7, 11) is 0. The third-order valence-corrected chi connectivity index (χ3v) is 11.0. The molecule has 0 heterocycles. The SMILES string of the molecule is Cc1ccc(NC(=O)N[C@@H](C)C(=O)N[C@H](C(=O)N[C@@H](Cc2ccccc2)C(O)C(O)[C@H](Cc2ccccc2)NC(=O)[C@@H](NC(=O)[C@H](C)NC(=O)Nc2ccc(C)cc2)C(C)C)C(C)C)cc1. The fraction of sp³-hybridized carbons (Fsp3) is 0.400. The van der Waals surface area contributed by atoms with Gasteiger partial charge in [-0.15, -0.1) is 0 Å². The maximum atomic E-state index is 14.1. The fourth-order valence-electron chi connectivity index (χ4n) is 7.03. The van der Waals surface area contributed by atoms with Crippen LogP contribution in [0.1, 0.15) is 63.8 Å². The van der Waals surface area contributed by atoms with Crippen LogP contribution in [0.4, 0.5) is 21.0 Å². The Morgan fingerprint density at radius 1 is 0.424 bits per heavy atom. The van der Waals surface area contributed by atoms with Gasteiger partial charge < -0.3 is 52.7 Å². The molecule has 0 saturated heterocycles. The molecule has 0 aromatic heterocycles. The number of carbonyl (C=O) groups excluding carboxylic acids is 6. The van der Waals surface area contributed by atoms with Gasteiger partial charge in [-0.3, -0.25) is 19.2 Å². The van der Waals surface area contributed by atoms with Crippen molar-refractivity contribution in [3.05, 3.63) is 131 Å². The van der Waals surface area contributed by atoms with Crippen LogP contribution in [0.2, 0.25) is 0 Å². The van der Waals surface area contributed by atoms with Gasteiger partial charge in [0.1, 0.15) is 36.4 Å². The molecule has 8 amide bonds. The van der Waals surface area contributed by atoms with Crippen molar-refractivity contribution in [3.8, 4) is 0 Å². The first-order chi connectivity index (χ1) is 31.3. The summed E-state index contributed by atoms with van der Waals surface area (Å²) in [4.78, 5) is 80.5. The van der Waals surface area contributed by atoms with E-state index in [0.717, 1.165) is 22.3 Å². The minimum Gasteiger partial charge on any atom is -0.388 e. The molecule has 0 fully saturated rings. The Bertz CT molecular complexity index is 2050. The largest absolute Gasteiger partial charge is 0.388 e.